The Morgan fingerprint density at radius 3 is 2.86 bits per heavy atom. The van der Waals surface area contributed by atoms with Gasteiger partial charge in [-0.1, -0.05) is 12.1 Å². The molecule has 8 nitrogen and oxygen atoms in total. The number of anilines is 1. The highest BCUT2D eigenvalue weighted by Crippen LogP contribution is 2.34. The Balaban J connectivity index is 1.32. The van der Waals surface area contributed by atoms with Gasteiger partial charge in [0.1, 0.15) is 0 Å². The lowest BCUT2D eigenvalue weighted by atomic mass is 9.95. The molecule has 0 unspecified atom stereocenters. The number of aromatic nitrogens is 4. The van der Waals surface area contributed by atoms with Crippen molar-refractivity contribution in [3.63, 3.8) is 0 Å². The first kappa shape index (κ1) is 17.1. The lowest BCUT2D eigenvalue weighted by Crippen LogP contribution is -2.49. The van der Waals surface area contributed by atoms with E-state index in [1.807, 2.05) is 24.3 Å². The molecule has 28 heavy (non-hydrogen) atoms. The molecule has 2 N–H and O–H groups in total. The highest BCUT2D eigenvalue weighted by atomic mass is 16.3. The molecule has 5 rings (SSSR count). The van der Waals surface area contributed by atoms with Gasteiger partial charge < -0.3 is 19.9 Å². The normalized spacial score (nSPS) is 20.0. The van der Waals surface area contributed by atoms with Gasteiger partial charge >= 0.3 is 0 Å². The van der Waals surface area contributed by atoms with Crippen LogP contribution in [0.25, 0.3) is 11.0 Å². The van der Waals surface area contributed by atoms with E-state index in [4.69, 9.17) is 0 Å². The van der Waals surface area contributed by atoms with Gasteiger partial charge in [0.2, 0.25) is 0 Å². The number of amides is 1. The smallest absolute Gasteiger partial charge is 0.289 e. The summed E-state index contributed by atoms with van der Waals surface area (Å²) in [5.41, 5.74) is 2.57. The van der Waals surface area contributed by atoms with Crippen LogP contribution in [0, 0.1) is 0 Å². The van der Waals surface area contributed by atoms with E-state index in [-0.39, 0.29) is 24.5 Å². The fraction of sp³-hybridized carbons (Fsp3) is 0.400. The third-order valence-electron chi connectivity index (χ3n) is 5.71. The van der Waals surface area contributed by atoms with E-state index in [1.54, 1.807) is 17.3 Å². The van der Waals surface area contributed by atoms with Crippen molar-refractivity contribution in [2.45, 2.75) is 24.8 Å². The molecule has 144 valence electrons. The second-order valence-electron chi connectivity index (χ2n) is 7.45. The van der Waals surface area contributed by atoms with Crippen molar-refractivity contribution in [2.75, 3.05) is 31.1 Å². The number of likely N-dealkylation sites (tertiary alicyclic amines) is 1. The van der Waals surface area contributed by atoms with Crippen LogP contribution < -0.4 is 4.90 Å². The number of nitrogens with one attached hydrogen (secondary N) is 1. The average molecular weight is 378 g/mol. The van der Waals surface area contributed by atoms with Crippen LogP contribution in [-0.4, -0.2) is 68.1 Å². The summed E-state index contributed by atoms with van der Waals surface area (Å²) >= 11 is 0. The summed E-state index contributed by atoms with van der Waals surface area (Å²) < 4.78 is 0. The zero-order valence-corrected chi connectivity index (χ0v) is 15.5. The Bertz CT molecular complexity index is 980. The van der Waals surface area contributed by atoms with Gasteiger partial charge in [0.15, 0.2) is 11.6 Å². The van der Waals surface area contributed by atoms with Gasteiger partial charge in [0.05, 0.1) is 29.4 Å². The van der Waals surface area contributed by atoms with Crippen LogP contribution in [0.1, 0.15) is 35.1 Å². The summed E-state index contributed by atoms with van der Waals surface area (Å²) in [5, 5.41) is 9.65. The zero-order chi connectivity index (χ0) is 19.1. The van der Waals surface area contributed by atoms with Gasteiger partial charge in [-0.25, -0.2) is 9.97 Å². The maximum atomic E-state index is 12.8. The number of carbonyl (C=O) groups is 1. The predicted octanol–water partition coefficient (Wildman–Crippen LogP) is 1.55. The van der Waals surface area contributed by atoms with Crippen molar-refractivity contribution < 1.29 is 9.90 Å². The molecule has 1 amide bonds. The van der Waals surface area contributed by atoms with Crippen molar-refractivity contribution in [1.82, 2.24) is 24.8 Å². The van der Waals surface area contributed by atoms with E-state index in [9.17, 15) is 9.90 Å². The molecular formula is C20H22N6O2. The quantitative estimate of drug-likeness (QED) is 0.715. The van der Waals surface area contributed by atoms with E-state index in [1.165, 1.54) is 0 Å². The predicted molar refractivity (Wildman–Crippen MR) is 104 cm³/mol. The summed E-state index contributed by atoms with van der Waals surface area (Å²) in [5.74, 6) is 1.28. The topological polar surface area (TPSA) is 98.2 Å². The van der Waals surface area contributed by atoms with Crippen LogP contribution in [0.5, 0.6) is 0 Å². The fourth-order valence-electron chi connectivity index (χ4n) is 4.18. The van der Waals surface area contributed by atoms with Gasteiger partial charge in [-0.3, -0.25) is 9.78 Å². The molecule has 2 fully saturated rings. The third-order valence-corrected chi connectivity index (χ3v) is 5.71. The van der Waals surface area contributed by atoms with Crippen molar-refractivity contribution in [3.05, 3.63) is 48.2 Å². The Morgan fingerprint density at radius 1 is 1.21 bits per heavy atom. The van der Waals surface area contributed by atoms with Crippen LogP contribution in [0.2, 0.25) is 0 Å². The first-order chi connectivity index (χ1) is 13.7. The Morgan fingerprint density at radius 2 is 2.04 bits per heavy atom. The highest BCUT2D eigenvalue weighted by Gasteiger charge is 2.38. The lowest BCUT2D eigenvalue weighted by Gasteiger charge is -2.39. The minimum atomic E-state index is -0.0905. The molecule has 8 heteroatoms. The molecule has 0 saturated carbocycles. The number of H-pyrrole nitrogens is 1. The first-order valence-electron chi connectivity index (χ1n) is 9.67. The molecule has 4 heterocycles. The van der Waals surface area contributed by atoms with Crippen LogP contribution in [0.4, 0.5) is 5.82 Å². The van der Waals surface area contributed by atoms with Gasteiger partial charge in [0.25, 0.3) is 5.91 Å². The largest absolute Gasteiger partial charge is 0.394 e. The molecule has 2 saturated heterocycles. The van der Waals surface area contributed by atoms with E-state index < -0.39 is 0 Å². The van der Waals surface area contributed by atoms with Crippen LogP contribution in [-0.2, 0) is 0 Å². The summed E-state index contributed by atoms with van der Waals surface area (Å²) in [4.78, 5) is 33.3. The Labute approximate surface area is 162 Å². The van der Waals surface area contributed by atoms with Gasteiger partial charge in [-0.15, -0.1) is 0 Å². The number of hydrogen-bond acceptors (Lipinski definition) is 6. The minimum absolute atomic E-state index is 0.0905. The number of para-hydroxylation sites is 2. The second-order valence-corrected chi connectivity index (χ2v) is 7.45. The number of aromatic amines is 1. The van der Waals surface area contributed by atoms with Crippen LogP contribution in [0.15, 0.2) is 36.7 Å². The van der Waals surface area contributed by atoms with Crippen LogP contribution in [0.3, 0.4) is 0 Å². The number of benzene rings is 1. The fourth-order valence-corrected chi connectivity index (χ4v) is 4.18. The molecule has 0 aliphatic carbocycles. The van der Waals surface area contributed by atoms with E-state index in [0.717, 1.165) is 41.9 Å². The lowest BCUT2D eigenvalue weighted by molar-refractivity contribution is 0.0587. The first-order valence-corrected chi connectivity index (χ1v) is 9.67. The maximum absolute atomic E-state index is 12.8. The number of fused-ring (bicyclic) bond motifs is 1. The molecule has 1 atom stereocenters. The number of nitrogens with zero attached hydrogens (tertiary/aromatic N) is 5. The molecule has 3 aromatic rings. The highest BCUT2D eigenvalue weighted by molar-refractivity contribution is 5.94. The molecule has 0 bridgehead atoms. The van der Waals surface area contributed by atoms with Crippen LogP contribution >= 0.6 is 0 Å². The summed E-state index contributed by atoms with van der Waals surface area (Å²) in [6.07, 6.45) is 5.41. The molecule has 2 aromatic heterocycles. The van der Waals surface area contributed by atoms with Crippen molar-refractivity contribution in [3.8, 4) is 0 Å². The molecular weight excluding hydrogens is 356 g/mol. The molecule has 0 radical (unpaired) electrons. The third kappa shape index (κ3) is 2.80. The standard InChI is InChI=1S/C20H22N6O2/c27-12-14-4-3-9-26(14)19-17(21-7-8-22-19)13-10-25(11-13)20(28)18-23-15-5-1-2-6-16(15)24-18/h1-2,5-8,13-14,27H,3-4,9-12H2,(H,23,24)/t14-/m0/s1. The SMILES string of the molecule is O=C(c1nc2ccccc2[nH]1)N1CC(c2nccnc2N2CCC[C@H]2CO)C1. The zero-order valence-electron chi connectivity index (χ0n) is 15.5. The Hall–Kier alpha value is -3.00. The monoisotopic (exact) mass is 378 g/mol. The second kappa shape index (κ2) is 6.87. The number of aliphatic hydroxyl groups is 1. The van der Waals surface area contributed by atoms with E-state index >= 15 is 0 Å². The minimum Gasteiger partial charge on any atom is -0.394 e. The van der Waals surface area contributed by atoms with Crippen molar-refractivity contribution in [2.24, 2.45) is 0 Å². The molecule has 1 aromatic carbocycles. The maximum Gasteiger partial charge on any atom is 0.289 e. The van der Waals surface area contributed by atoms with Gasteiger partial charge in [-0.05, 0) is 25.0 Å². The van der Waals surface area contributed by atoms with Crippen molar-refractivity contribution >= 4 is 22.8 Å². The summed E-state index contributed by atoms with van der Waals surface area (Å²) in [7, 11) is 0. The number of rotatable bonds is 4. The Kier molecular flexibility index (Phi) is 4.20. The number of aliphatic hydroxyl groups excluding tert-OH is 1. The number of carbonyl (C=O) groups excluding carboxylic acids is 1. The van der Waals surface area contributed by atoms with Crippen molar-refractivity contribution in [1.29, 1.82) is 0 Å². The summed E-state index contributed by atoms with van der Waals surface area (Å²) in [6.45, 7) is 2.20. The van der Waals surface area contributed by atoms with E-state index in [2.05, 4.69) is 24.8 Å². The summed E-state index contributed by atoms with van der Waals surface area (Å²) in [6, 6.07) is 7.73. The average Bonchev–Trinajstić information content (AvgIpc) is 3.33. The molecule has 0 spiro atoms. The van der Waals surface area contributed by atoms with Gasteiger partial charge in [0, 0.05) is 37.9 Å². The number of imidazole rings is 1. The molecule has 2 aliphatic rings. The number of hydrogen-bond donors (Lipinski definition) is 2. The molecule has 2 aliphatic heterocycles. The van der Waals surface area contributed by atoms with Gasteiger partial charge in [-0.2, -0.15) is 0 Å². The van der Waals surface area contributed by atoms with E-state index in [0.29, 0.717) is 18.9 Å².